The second kappa shape index (κ2) is 4.48. The molecule has 0 saturated carbocycles. The molecule has 84 valence electrons. The summed E-state index contributed by atoms with van der Waals surface area (Å²) in [6.45, 7) is 1.81. The molecule has 1 rings (SSSR count). The lowest BCUT2D eigenvalue weighted by Crippen LogP contribution is -2.16. The first kappa shape index (κ1) is 11.8. The second-order valence-electron chi connectivity index (χ2n) is 3.16. The Balaban J connectivity index is 2.65. The molecule has 0 bridgehead atoms. The van der Waals surface area contributed by atoms with Crippen molar-refractivity contribution in [3.63, 3.8) is 0 Å². The van der Waals surface area contributed by atoms with E-state index in [1.165, 1.54) is 6.07 Å². The standard InChI is InChI=1S/C9H11F3N2O/c1-6(15)4-13-8-3-2-7(5-14-8)9(10,11)12/h2-3,5-6,15H,4H2,1H3,(H,13,14)/t6-/m1/s1. The maximum absolute atomic E-state index is 12.1. The molecular weight excluding hydrogens is 209 g/mol. The summed E-state index contributed by atoms with van der Waals surface area (Å²) in [5.41, 5.74) is -0.787. The van der Waals surface area contributed by atoms with Gasteiger partial charge in [0.1, 0.15) is 5.82 Å². The van der Waals surface area contributed by atoms with Crippen LogP contribution in [0.3, 0.4) is 0 Å². The van der Waals surface area contributed by atoms with E-state index in [4.69, 9.17) is 5.11 Å². The Kier molecular flexibility index (Phi) is 3.52. The summed E-state index contributed by atoms with van der Waals surface area (Å²) in [5.74, 6) is 0.309. The quantitative estimate of drug-likeness (QED) is 0.817. The van der Waals surface area contributed by atoms with Crippen LogP contribution < -0.4 is 5.32 Å². The molecule has 0 aliphatic carbocycles. The average Bonchev–Trinajstić information content (AvgIpc) is 2.14. The third-order valence-electron chi connectivity index (χ3n) is 1.67. The van der Waals surface area contributed by atoms with Crippen LogP contribution in [0.5, 0.6) is 0 Å². The molecule has 0 aromatic carbocycles. The van der Waals surface area contributed by atoms with Crippen molar-refractivity contribution in [3.8, 4) is 0 Å². The molecule has 0 fully saturated rings. The van der Waals surface area contributed by atoms with E-state index in [0.29, 0.717) is 5.82 Å². The zero-order valence-corrected chi connectivity index (χ0v) is 8.04. The minimum atomic E-state index is -4.37. The first-order chi connectivity index (χ1) is 6.89. The van der Waals surface area contributed by atoms with Crippen molar-refractivity contribution in [1.82, 2.24) is 4.98 Å². The normalized spacial score (nSPS) is 13.7. The van der Waals surface area contributed by atoms with E-state index in [0.717, 1.165) is 12.3 Å². The van der Waals surface area contributed by atoms with Crippen LogP contribution in [-0.4, -0.2) is 22.7 Å². The van der Waals surface area contributed by atoms with E-state index < -0.39 is 17.8 Å². The molecule has 3 nitrogen and oxygen atoms in total. The van der Waals surface area contributed by atoms with Gasteiger partial charge in [-0.1, -0.05) is 0 Å². The molecule has 2 N–H and O–H groups in total. The first-order valence-corrected chi connectivity index (χ1v) is 4.35. The van der Waals surface area contributed by atoms with Gasteiger partial charge in [-0.25, -0.2) is 4.98 Å². The van der Waals surface area contributed by atoms with Crippen LogP contribution in [0.1, 0.15) is 12.5 Å². The third kappa shape index (κ3) is 3.75. The van der Waals surface area contributed by atoms with E-state index in [-0.39, 0.29) is 6.54 Å². The Morgan fingerprint density at radius 3 is 2.53 bits per heavy atom. The van der Waals surface area contributed by atoms with E-state index >= 15 is 0 Å². The summed E-state index contributed by atoms with van der Waals surface area (Å²) in [4.78, 5) is 3.57. The lowest BCUT2D eigenvalue weighted by Gasteiger charge is -2.09. The Morgan fingerprint density at radius 1 is 1.47 bits per heavy atom. The molecule has 0 amide bonds. The van der Waals surface area contributed by atoms with Crippen LogP contribution >= 0.6 is 0 Å². The molecule has 1 heterocycles. The van der Waals surface area contributed by atoms with E-state index in [2.05, 4.69) is 10.3 Å². The first-order valence-electron chi connectivity index (χ1n) is 4.35. The number of rotatable bonds is 3. The van der Waals surface area contributed by atoms with Crippen LogP contribution in [0.4, 0.5) is 19.0 Å². The molecule has 0 aliphatic heterocycles. The minimum absolute atomic E-state index is 0.248. The number of hydrogen-bond acceptors (Lipinski definition) is 3. The predicted molar refractivity (Wildman–Crippen MR) is 49.4 cm³/mol. The highest BCUT2D eigenvalue weighted by molar-refractivity contribution is 5.36. The predicted octanol–water partition coefficient (Wildman–Crippen LogP) is 1.89. The van der Waals surface area contributed by atoms with Crippen molar-refractivity contribution >= 4 is 5.82 Å². The lowest BCUT2D eigenvalue weighted by molar-refractivity contribution is -0.137. The van der Waals surface area contributed by atoms with E-state index in [9.17, 15) is 13.2 Å². The smallest absolute Gasteiger partial charge is 0.392 e. The maximum atomic E-state index is 12.1. The molecule has 0 aliphatic rings. The molecule has 1 aromatic heterocycles. The number of nitrogens with one attached hydrogen (secondary N) is 1. The molecule has 1 aromatic rings. The Hall–Kier alpha value is -1.30. The van der Waals surface area contributed by atoms with Crippen LogP contribution in [-0.2, 0) is 6.18 Å². The summed E-state index contributed by atoms with van der Waals surface area (Å²) in [7, 11) is 0. The number of pyridine rings is 1. The summed E-state index contributed by atoms with van der Waals surface area (Å²) in [5, 5.41) is 11.6. The SMILES string of the molecule is C[C@@H](O)CNc1ccc(C(F)(F)F)cn1. The van der Waals surface area contributed by atoms with Gasteiger partial charge < -0.3 is 10.4 Å². The molecule has 15 heavy (non-hydrogen) atoms. The van der Waals surface area contributed by atoms with Crippen molar-refractivity contribution in [2.75, 3.05) is 11.9 Å². The Morgan fingerprint density at radius 2 is 2.13 bits per heavy atom. The van der Waals surface area contributed by atoms with Crippen LogP contribution in [0.25, 0.3) is 0 Å². The van der Waals surface area contributed by atoms with Gasteiger partial charge in [0.05, 0.1) is 11.7 Å². The number of alkyl halides is 3. The number of nitrogens with zero attached hydrogens (tertiary/aromatic N) is 1. The van der Waals surface area contributed by atoms with Gasteiger partial charge in [0, 0.05) is 12.7 Å². The van der Waals surface area contributed by atoms with Crippen LogP contribution in [0.2, 0.25) is 0 Å². The highest BCUT2D eigenvalue weighted by atomic mass is 19.4. The number of aliphatic hydroxyl groups is 1. The van der Waals surface area contributed by atoms with Gasteiger partial charge in [0.15, 0.2) is 0 Å². The van der Waals surface area contributed by atoms with Gasteiger partial charge in [0.25, 0.3) is 0 Å². The molecule has 1 atom stereocenters. The monoisotopic (exact) mass is 220 g/mol. The number of hydrogen-bond donors (Lipinski definition) is 2. The Labute approximate surface area is 85.0 Å². The van der Waals surface area contributed by atoms with Gasteiger partial charge in [-0.2, -0.15) is 13.2 Å². The Bertz CT molecular complexity index is 308. The molecule has 0 unspecified atom stereocenters. The second-order valence-corrected chi connectivity index (χ2v) is 3.16. The van der Waals surface area contributed by atoms with Gasteiger partial charge in [0.2, 0.25) is 0 Å². The summed E-state index contributed by atoms with van der Waals surface area (Å²) < 4.78 is 36.4. The molecule has 0 radical (unpaired) electrons. The van der Waals surface area contributed by atoms with E-state index in [1.807, 2.05) is 0 Å². The molecule has 6 heteroatoms. The summed E-state index contributed by atoms with van der Waals surface area (Å²) in [6.07, 6.45) is -4.19. The fourth-order valence-corrected chi connectivity index (χ4v) is 0.918. The number of halogens is 3. The van der Waals surface area contributed by atoms with Crippen LogP contribution in [0, 0.1) is 0 Å². The number of aromatic nitrogens is 1. The fourth-order valence-electron chi connectivity index (χ4n) is 0.918. The van der Waals surface area contributed by atoms with Crippen molar-refractivity contribution in [1.29, 1.82) is 0 Å². The summed E-state index contributed by atoms with van der Waals surface area (Å²) >= 11 is 0. The topological polar surface area (TPSA) is 45.1 Å². The maximum Gasteiger partial charge on any atom is 0.417 e. The van der Waals surface area contributed by atoms with Gasteiger partial charge in [-0.3, -0.25) is 0 Å². The van der Waals surface area contributed by atoms with Crippen molar-refractivity contribution < 1.29 is 18.3 Å². The number of anilines is 1. The highest BCUT2D eigenvalue weighted by Crippen LogP contribution is 2.28. The molecule has 0 spiro atoms. The molecule has 0 saturated heterocycles. The van der Waals surface area contributed by atoms with E-state index in [1.54, 1.807) is 6.92 Å². The van der Waals surface area contributed by atoms with Crippen LogP contribution in [0.15, 0.2) is 18.3 Å². The largest absolute Gasteiger partial charge is 0.417 e. The third-order valence-corrected chi connectivity index (χ3v) is 1.67. The fraction of sp³-hybridized carbons (Fsp3) is 0.444. The highest BCUT2D eigenvalue weighted by Gasteiger charge is 2.30. The minimum Gasteiger partial charge on any atom is -0.392 e. The molecular formula is C9H11F3N2O. The average molecular weight is 220 g/mol. The zero-order valence-electron chi connectivity index (χ0n) is 8.04. The van der Waals surface area contributed by atoms with Crippen molar-refractivity contribution in [2.45, 2.75) is 19.2 Å². The van der Waals surface area contributed by atoms with Gasteiger partial charge in [-0.05, 0) is 19.1 Å². The number of aliphatic hydroxyl groups excluding tert-OH is 1. The summed E-state index contributed by atoms with van der Waals surface area (Å²) in [6, 6.07) is 2.17. The van der Waals surface area contributed by atoms with Crippen molar-refractivity contribution in [3.05, 3.63) is 23.9 Å². The van der Waals surface area contributed by atoms with Gasteiger partial charge in [-0.15, -0.1) is 0 Å². The van der Waals surface area contributed by atoms with Gasteiger partial charge >= 0.3 is 6.18 Å². The lowest BCUT2D eigenvalue weighted by atomic mass is 10.3. The van der Waals surface area contributed by atoms with Crippen molar-refractivity contribution in [2.24, 2.45) is 0 Å². The zero-order chi connectivity index (χ0) is 11.5.